The van der Waals surface area contributed by atoms with Crippen LogP contribution < -0.4 is 5.32 Å². The van der Waals surface area contributed by atoms with Crippen LogP contribution >= 0.6 is 0 Å². The molecule has 78 valence electrons. The van der Waals surface area contributed by atoms with Gasteiger partial charge < -0.3 is 14.6 Å². The predicted molar refractivity (Wildman–Crippen MR) is 53.9 cm³/mol. The SMILES string of the molecule is Cn1ccnc1COC1CCCNC1. The van der Waals surface area contributed by atoms with Gasteiger partial charge in [-0.3, -0.25) is 0 Å². The molecule has 0 radical (unpaired) electrons. The van der Waals surface area contributed by atoms with Gasteiger partial charge in [0.25, 0.3) is 0 Å². The lowest BCUT2D eigenvalue weighted by molar-refractivity contribution is 0.0208. The zero-order valence-corrected chi connectivity index (χ0v) is 8.57. The van der Waals surface area contributed by atoms with E-state index in [0.717, 1.165) is 25.3 Å². The summed E-state index contributed by atoms with van der Waals surface area (Å²) < 4.78 is 7.76. The van der Waals surface area contributed by atoms with Crippen LogP contribution in [0.4, 0.5) is 0 Å². The highest BCUT2D eigenvalue weighted by Crippen LogP contribution is 2.08. The van der Waals surface area contributed by atoms with Crippen molar-refractivity contribution in [3.05, 3.63) is 18.2 Å². The lowest BCUT2D eigenvalue weighted by atomic mass is 10.1. The lowest BCUT2D eigenvalue weighted by Crippen LogP contribution is -2.35. The molecule has 0 bridgehead atoms. The van der Waals surface area contributed by atoms with Crippen LogP contribution in [0.5, 0.6) is 0 Å². The highest BCUT2D eigenvalue weighted by atomic mass is 16.5. The molecule has 0 aliphatic carbocycles. The summed E-state index contributed by atoms with van der Waals surface area (Å²) in [6.07, 6.45) is 6.48. The van der Waals surface area contributed by atoms with Crippen molar-refractivity contribution in [3.63, 3.8) is 0 Å². The van der Waals surface area contributed by atoms with E-state index < -0.39 is 0 Å². The van der Waals surface area contributed by atoms with Gasteiger partial charge in [0.2, 0.25) is 0 Å². The summed E-state index contributed by atoms with van der Waals surface area (Å²) in [4.78, 5) is 4.22. The second-order valence-electron chi connectivity index (χ2n) is 3.73. The Hall–Kier alpha value is -0.870. The van der Waals surface area contributed by atoms with Crippen molar-refractivity contribution in [1.29, 1.82) is 0 Å². The van der Waals surface area contributed by atoms with Crippen molar-refractivity contribution >= 4 is 0 Å². The smallest absolute Gasteiger partial charge is 0.134 e. The molecule has 4 heteroatoms. The van der Waals surface area contributed by atoms with Crippen LogP contribution in [-0.4, -0.2) is 28.7 Å². The second-order valence-corrected chi connectivity index (χ2v) is 3.73. The van der Waals surface area contributed by atoms with E-state index in [2.05, 4.69) is 10.3 Å². The number of nitrogens with zero attached hydrogens (tertiary/aromatic N) is 2. The van der Waals surface area contributed by atoms with Crippen LogP contribution in [0.1, 0.15) is 18.7 Å². The third kappa shape index (κ3) is 2.33. The van der Waals surface area contributed by atoms with Crippen molar-refractivity contribution < 1.29 is 4.74 Å². The Bertz CT molecular complexity index is 279. The molecular formula is C10H17N3O. The average molecular weight is 195 g/mol. The summed E-state index contributed by atoms with van der Waals surface area (Å²) in [6.45, 7) is 2.72. The Balaban J connectivity index is 1.79. The summed E-state index contributed by atoms with van der Waals surface area (Å²) in [7, 11) is 1.99. The van der Waals surface area contributed by atoms with Gasteiger partial charge in [-0.1, -0.05) is 0 Å². The zero-order valence-electron chi connectivity index (χ0n) is 8.57. The number of piperidine rings is 1. The van der Waals surface area contributed by atoms with Crippen molar-refractivity contribution in [2.24, 2.45) is 7.05 Å². The van der Waals surface area contributed by atoms with Gasteiger partial charge in [-0.15, -0.1) is 0 Å². The van der Waals surface area contributed by atoms with E-state index >= 15 is 0 Å². The van der Waals surface area contributed by atoms with E-state index in [4.69, 9.17) is 4.74 Å². The first-order valence-electron chi connectivity index (χ1n) is 5.15. The van der Waals surface area contributed by atoms with E-state index in [-0.39, 0.29) is 0 Å². The molecule has 2 rings (SSSR count). The van der Waals surface area contributed by atoms with Gasteiger partial charge in [0.1, 0.15) is 12.4 Å². The first kappa shape index (κ1) is 9.68. The molecule has 14 heavy (non-hydrogen) atoms. The highest BCUT2D eigenvalue weighted by molar-refractivity contribution is 4.89. The number of hydrogen-bond donors (Lipinski definition) is 1. The van der Waals surface area contributed by atoms with Gasteiger partial charge in [-0.25, -0.2) is 4.98 Å². The van der Waals surface area contributed by atoms with Crippen molar-refractivity contribution in [1.82, 2.24) is 14.9 Å². The normalized spacial score (nSPS) is 22.5. The molecule has 4 nitrogen and oxygen atoms in total. The number of aromatic nitrogens is 2. The Labute approximate surface area is 84.3 Å². The highest BCUT2D eigenvalue weighted by Gasteiger charge is 2.13. The van der Waals surface area contributed by atoms with E-state index in [0.29, 0.717) is 12.7 Å². The molecule has 1 saturated heterocycles. The number of hydrogen-bond acceptors (Lipinski definition) is 3. The Morgan fingerprint density at radius 1 is 1.71 bits per heavy atom. The molecule has 0 spiro atoms. The lowest BCUT2D eigenvalue weighted by Gasteiger charge is -2.22. The van der Waals surface area contributed by atoms with Crippen molar-refractivity contribution in [3.8, 4) is 0 Å². The van der Waals surface area contributed by atoms with Crippen LogP contribution in [0.25, 0.3) is 0 Å². The minimum Gasteiger partial charge on any atom is -0.369 e. The van der Waals surface area contributed by atoms with Gasteiger partial charge in [0, 0.05) is 26.0 Å². The Kier molecular flexibility index (Phi) is 3.16. The van der Waals surface area contributed by atoms with Crippen LogP contribution in [-0.2, 0) is 18.4 Å². The predicted octanol–water partition coefficient (Wildman–Crippen LogP) is 0.689. The topological polar surface area (TPSA) is 39.1 Å². The molecule has 1 aliphatic rings. The summed E-state index contributed by atoms with van der Waals surface area (Å²) in [6, 6.07) is 0. The van der Waals surface area contributed by atoms with Crippen LogP contribution in [0.2, 0.25) is 0 Å². The van der Waals surface area contributed by atoms with Crippen molar-refractivity contribution in [2.75, 3.05) is 13.1 Å². The molecule has 1 aromatic rings. The van der Waals surface area contributed by atoms with Gasteiger partial charge >= 0.3 is 0 Å². The number of imidazole rings is 1. The minimum absolute atomic E-state index is 0.362. The van der Waals surface area contributed by atoms with E-state index in [1.165, 1.54) is 6.42 Å². The van der Waals surface area contributed by atoms with E-state index in [9.17, 15) is 0 Å². The van der Waals surface area contributed by atoms with Crippen LogP contribution in [0.15, 0.2) is 12.4 Å². The first-order chi connectivity index (χ1) is 6.86. The fourth-order valence-corrected chi connectivity index (χ4v) is 1.69. The molecule has 1 aromatic heterocycles. The van der Waals surface area contributed by atoms with Crippen molar-refractivity contribution in [2.45, 2.75) is 25.6 Å². The standard InChI is InChI=1S/C10H17N3O/c1-13-6-5-12-10(13)8-14-9-3-2-4-11-7-9/h5-6,9,11H,2-4,7-8H2,1H3. The van der Waals surface area contributed by atoms with Crippen LogP contribution in [0.3, 0.4) is 0 Å². The molecule has 0 saturated carbocycles. The molecule has 0 aromatic carbocycles. The monoisotopic (exact) mass is 195 g/mol. The number of aryl methyl sites for hydroxylation is 1. The summed E-state index contributed by atoms with van der Waals surface area (Å²) >= 11 is 0. The molecule has 0 amide bonds. The summed E-state index contributed by atoms with van der Waals surface area (Å²) in [5.41, 5.74) is 0. The Morgan fingerprint density at radius 3 is 3.29 bits per heavy atom. The Morgan fingerprint density at radius 2 is 2.64 bits per heavy atom. The van der Waals surface area contributed by atoms with Gasteiger partial charge in [0.05, 0.1) is 6.10 Å². The maximum atomic E-state index is 5.76. The van der Waals surface area contributed by atoms with Crippen LogP contribution in [0, 0.1) is 0 Å². The fourth-order valence-electron chi connectivity index (χ4n) is 1.69. The average Bonchev–Trinajstić information content (AvgIpc) is 2.63. The third-order valence-corrected chi connectivity index (χ3v) is 2.62. The van der Waals surface area contributed by atoms with Gasteiger partial charge in [-0.2, -0.15) is 0 Å². The largest absolute Gasteiger partial charge is 0.369 e. The zero-order chi connectivity index (χ0) is 9.80. The minimum atomic E-state index is 0.362. The maximum Gasteiger partial charge on any atom is 0.134 e. The molecule has 1 N–H and O–H groups in total. The fraction of sp³-hybridized carbons (Fsp3) is 0.700. The third-order valence-electron chi connectivity index (χ3n) is 2.62. The molecule has 1 unspecified atom stereocenters. The molecule has 2 heterocycles. The molecule has 1 fully saturated rings. The number of ether oxygens (including phenoxy) is 1. The summed E-state index contributed by atoms with van der Waals surface area (Å²) in [5.74, 6) is 0.996. The molecule has 1 atom stereocenters. The summed E-state index contributed by atoms with van der Waals surface area (Å²) in [5, 5.41) is 3.33. The van der Waals surface area contributed by atoms with E-state index in [1.54, 1.807) is 6.20 Å². The second kappa shape index (κ2) is 4.57. The number of rotatable bonds is 3. The number of nitrogens with one attached hydrogen (secondary N) is 1. The maximum absolute atomic E-state index is 5.76. The van der Waals surface area contributed by atoms with E-state index in [1.807, 2.05) is 17.8 Å². The molecule has 1 aliphatic heterocycles. The first-order valence-corrected chi connectivity index (χ1v) is 5.15. The van der Waals surface area contributed by atoms with Gasteiger partial charge in [0.15, 0.2) is 0 Å². The molecular weight excluding hydrogens is 178 g/mol. The van der Waals surface area contributed by atoms with Gasteiger partial charge in [-0.05, 0) is 19.4 Å². The quantitative estimate of drug-likeness (QED) is 0.771.